The third-order valence-electron chi connectivity index (χ3n) is 2.21. The first-order valence-electron chi connectivity index (χ1n) is 4.80. The van der Waals surface area contributed by atoms with E-state index in [9.17, 15) is 13.2 Å². The second kappa shape index (κ2) is 4.53. The van der Waals surface area contributed by atoms with Gasteiger partial charge in [0.05, 0.1) is 0 Å². The third-order valence-corrected chi connectivity index (χ3v) is 3.77. The molecule has 0 saturated heterocycles. The van der Waals surface area contributed by atoms with Crippen LogP contribution in [0, 0.1) is 0 Å². The summed E-state index contributed by atoms with van der Waals surface area (Å²) < 4.78 is 37.1. The van der Waals surface area contributed by atoms with Crippen molar-refractivity contribution >= 4 is 22.9 Å². The molecule has 0 aliphatic rings. The van der Waals surface area contributed by atoms with Gasteiger partial charge in [-0.15, -0.1) is 22.9 Å². The zero-order valence-electron chi connectivity index (χ0n) is 9.23. The minimum absolute atomic E-state index is 0.0774. The van der Waals surface area contributed by atoms with Crippen molar-refractivity contribution < 1.29 is 13.2 Å². The molecule has 0 spiro atoms. The van der Waals surface area contributed by atoms with E-state index >= 15 is 0 Å². The Kier molecular flexibility index (Phi) is 3.90. The van der Waals surface area contributed by atoms with Gasteiger partial charge in [0, 0.05) is 21.9 Å². The molecular formula is C10H13ClF3NS. The number of halogens is 4. The maximum Gasteiger partial charge on any atom is 0.443 e. The van der Waals surface area contributed by atoms with Gasteiger partial charge in [-0.25, -0.2) is 4.98 Å². The molecule has 0 N–H and O–H groups in total. The van der Waals surface area contributed by atoms with Crippen molar-refractivity contribution in [3.05, 3.63) is 16.1 Å². The van der Waals surface area contributed by atoms with Gasteiger partial charge in [0.15, 0.2) is 5.01 Å². The van der Waals surface area contributed by atoms with Gasteiger partial charge < -0.3 is 0 Å². The van der Waals surface area contributed by atoms with E-state index in [1.54, 1.807) is 0 Å². The van der Waals surface area contributed by atoms with Crippen LogP contribution in [0.4, 0.5) is 13.2 Å². The number of alkyl halides is 4. The lowest BCUT2D eigenvalue weighted by atomic mass is 9.87. The Morgan fingerprint density at radius 1 is 1.44 bits per heavy atom. The largest absolute Gasteiger partial charge is 0.443 e. The number of thiazole rings is 1. The molecule has 0 fully saturated rings. The highest BCUT2D eigenvalue weighted by Gasteiger charge is 2.36. The summed E-state index contributed by atoms with van der Waals surface area (Å²) in [5.74, 6) is 0. The Hall–Kier alpha value is -0.290. The molecular weight excluding hydrogens is 259 g/mol. The van der Waals surface area contributed by atoms with Crippen LogP contribution >= 0.6 is 22.9 Å². The van der Waals surface area contributed by atoms with Gasteiger partial charge >= 0.3 is 6.18 Å². The molecule has 92 valence electrons. The van der Waals surface area contributed by atoms with Crippen LogP contribution in [-0.2, 0) is 11.6 Å². The molecule has 0 radical (unpaired) electrons. The average molecular weight is 272 g/mol. The third kappa shape index (κ3) is 3.35. The van der Waals surface area contributed by atoms with Gasteiger partial charge in [-0.2, -0.15) is 13.2 Å². The fraction of sp³-hybridized carbons (Fsp3) is 0.700. The predicted octanol–water partition coefficient (Wildman–Crippen LogP) is 4.46. The predicted molar refractivity (Wildman–Crippen MR) is 60.1 cm³/mol. The highest BCUT2D eigenvalue weighted by molar-refractivity contribution is 7.11. The molecule has 0 saturated carbocycles. The zero-order chi connectivity index (χ0) is 12.6. The van der Waals surface area contributed by atoms with Crippen LogP contribution in [0.25, 0.3) is 0 Å². The van der Waals surface area contributed by atoms with Crippen LogP contribution in [-0.4, -0.2) is 10.4 Å². The van der Waals surface area contributed by atoms with Crippen LogP contribution < -0.4 is 0 Å². The number of aromatic nitrogens is 1. The van der Waals surface area contributed by atoms with E-state index in [0.29, 0.717) is 22.6 Å². The molecule has 0 aliphatic carbocycles. The van der Waals surface area contributed by atoms with Crippen molar-refractivity contribution in [2.45, 2.75) is 44.2 Å². The fourth-order valence-electron chi connectivity index (χ4n) is 1.52. The lowest BCUT2D eigenvalue weighted by molar-refractivity contribution is -0.137. The lowest BCUT2D eigenvalue weighted by Gasteiger charge is -2.23. The maximum atomic E-state index is 12.4. The van der Waals surface area contributed by atoms with Crippen molar-refractivity contribution in [2.75, 3.05) is 0 Å². The zero-order valence-corrected chi connectivity index (χ0v) is 10.8. The van der Waals surface area contributed by atoms with Crippen LogP contribution in [0.1, 0.15) is 37.1 Å². The Bertz CT molecular complexity index is 357. The lowest BCUT2D eigenvalue weighted by Crippen LogP contribution is -2.19. The number of hydrogen-bond acceptors (Lipinski definition) is 2. The van der Waals surface area contributed by atoms with Crippen molar-refractivity contribution in [1.82, 2.24) is 4.98 Å². The fourth-order valence-corrected chi connectivity index (χ4v) is 2.80. The minimum Gasteiger partial charge on any atom is -0.240 e. The molecule has 0 amide bonds. The van der Waals surface area contributed by atoms with Gasteiger partial charge in [0.25, 0.3) is 0 Å². The maximum absolute atomic E-state index is 12.4. The Morgan fingerprint density at radius 3 is 2.38 bits per heavy atom. The first-order chi connectivity index (χ1) is 7.13. The normalized spacial score (nSPS) is 15.2. The molecule has 1 rings (SSSR count). The summed E-state index contributed by atoms with van der Waals surface area (Å²) in [5, 5.41) is -0.871. The molecule has 0 bridgehead atoms. The smallest absolute Gasteiger partial charge is 0.240 e. The molecule has 6 heteroatoms. The van der Waals surface area contributed by atoms with E-state index in [4.69, 9.17) is 11.6 Å². The van der Waals surface area contributed by atoms with Crippen LogP contribution in [0.2, 0.25) is 0 Å². The first-order valence-corrected chi connectivity index (χ1v) is 6.06. The molecule has 1 atom stereocenters. The Balaban J connectivity index is 2.93. The highest BCUT2D eigenvalue weighted by Crippen LogP contribution is 2.38. The summed E-state index contributed by atoms with van der Waals surface area (Å²) in [6.07, 6.45) is -2.44. The van der Waals surface area contributed by atoms with E-state index < -0.39 is 11.2 Å². The Labute approximate surface area is 102 Å². The summed E-state index contributed by atoms with van der Waals surface area (Å²) in [7, 11) is 0. The molecule has 16 heavy (non-hydrogen) atoms. The molecule has 1 heterocycles. The molecule has 1 nitrogen and oxygen atoms in total. The first kappa shape index (κ1) is 13.8. The van der Waals surface area contributed by atoms with Crippen LogP contribution in [0.5, 0.6) is 0 Å². The van der Waals surface area contributed by atoms with Gasteiger partial charge in [0.1, 0.15) is 0 Å². The van der Waals surface area contributed by atoms with Crippen LogP contribution in [0.15, 0.2) is 6.20 Å². The van der Waals surface area contributed by atoms with E-state index in [0.717, 1.165) is 0 Å². The summed E-state index contributed by atoms with van der Waals surface area (Å²) in [6, 6.07) is 0. The molecule has 1 aromatic rings. The summed E-state index contributed by atoms with van der Waals surface area (Å²) in [6.45, 7) is 5.58. The monoisotopic (exact) mass is 271 g/mol. The van der Waals surface area contributed by atoms with Gasteiger partial charge in [-0.3, -0.25) is 0 Å². The van der Waals surface area contributed by atoms with Crippen molar-refractivity contribution in [3.8, 4) is 0 Å². The molecule has 1 unspecified atom stereocenters. The van der Waals surface area contributed by atoms with Crippen molar-refractivity contribution in [3.63, 3.8) is 0 Å². The van der Waals surface area contributed by atoms with Crippen molar-refractivity contribution in [2.24, 2.45) is 0 Å². The van der Waals surface area contributed by atoms with Gasteiger partial charge in [-0.05, 0) is 13.3 Å². The highest BCUT2D eigenvalue weighted by atomic mass is 35.5. The van der Waals surface area contributed by atoms with E-state index in [-0.39, 0.29) is 10.8 Å². The van der Waals surface area contributed by atoms with Gasteiger partial charge in [-0.1, -0.05) is 13.8 Å². The SMILES string of the molecule is CC(Cl)CC(C)(C)c1cnc(C(F)(F)F)s1. The van der Waals surface area contributed by atoms with E-state index in [1.807, 2.05) is 20.8 Å². The summed E-state index contributed by atoms with van der Waals surface area (Å²) in [5.41, 5.74) is -0.373. The second-order valence-electron chi connectivity index (χ2n) is 4.40. The quantitative estimate of drug-likeness (QED) is 0.740. The summed E-state index contributed by atoms with van der Waals surface area (Å²) >= 11 is 6.56. The second-order valence-corrected chi connectivity index (χ2v) is 6.17. The molecule has 0 aromatic carbocycles. The number of rotatable bonds is 3. The number of hydrogen-bond donors (Lipinski definition) is 0. The minimum atomic E-state index is -4.36. The summed E-state index contributed by atoms with van der Waals surface area (Å²) in [4.78, 5) is 4.03. The molecule has 1 aromatic heterocycles. The average Bonchev–Trinajstić information content (AvgIpc) is 2.47. The van der Waals surface area contributed by atoms with E-state index in [2.05, 4.69) is 4.98 Å². The van der Waals surface area contributed by atoms with Crippen molar-refractivity contribution in [1.29, 1.82) is 0 Å². The van der Waals surface area contributed by atoms with Crippen LogP contribution in [0.3, 0.4) is 0 Å². The topological polar surface area (TPSA) is 12.9 Å². The Morgan fingerprint density at radius 2 is 2.00 bits per heavy atom. The van der Waals surface area contributed by atoms with E-state index in [1.165, 1.54) is 6.20 Å². The van der Waals surface area contributed by atoms with Gasteiger partial charge in [0.2, 0.25) is 0 Å². The number of nitrogens with zero attached hydrogens (tertiary/aromatic N) is 1. The molecule has 0 aliphatic heterocycles. The standard InChI is InChI=1S/C10H13ClF3NS/c1-6(11)4-9(2,3)7-5-15-8(16-7)10(12,13)14/h5-6H,4H2,1-3H3.